The molecule has 1 heterocycles. The highest BCUT2D eigenvalue weighted by atomic mass is 35.5. The zero-order valence-electron chi connectivity index (χ0n) is 8.61. The number of aromatic carboxylic acids is 1. The summed E-state index contributed by atoms with van der Waals surface area (Å²) in [6.45, 7) is 0. The van der Waals surface area contributed by atoms with Gasteiger partial charge in [0.15, 0.2) is 0 Å². The first-order chi connectivity index (χ1) is 8.08. The molecule has 0 amide bonds. The molecule has 2 aromatic rings. The first-order valence-electron chi connectivity index (χ1n) is 4.80. The van der Waals surface area contributed by atoms with Crippen molar-refractivity contribution >= 4 is 17.6 Å². The van der Waals surface area contributed by atoms with Crippen LogP contribution in [-0.2, 0) is 0 Å². The van der Waals surface area contributed by atoms with Gasteiger partial charge in [0.05, 0.1) is 0 Å². The molecule has 1 aromatic carbocycles. The zero-order chi connectivity index (χ0) is 12.4. The normalized spacial score (nSPS) is 10.2. The highest BCUT2D eigenvalue weighted by molar-refractivity contribution is 6.30. The smallest absolute Gasteiger partial charge is 0.352 e. The van der Waals surface area contributed by atoms with E-state index in [1.165, 1.54) is 12.1 Å². The van der Waals surface area contributed by atoms with Crippen molar-refractivity contribution in [2.45, 2.75) is 0 Å². The number of carboxylic acid groups (broad SMARTS) is 1. The van der Waals surface area contributed by atoms with E-state index >= 15 is 0 Å². The van der Waals surface area contributed by atoms with E-state index in [-0.39, 0.29) is 5.69 Å². The Morgan fingerprint density at radius 1 is 1.12 bits per heavy atom. The van der Waals surface area contributed by atoms with Crippen LogP contribution in [0.3, 0.4) is 0 Å². The van der Waals surface area contributed by atoms with Crippen LogP contribution in [0, 0.1) is 0 Å². The molecule has 0 radical (unpaired) electrons. The first kappa shape index (κ1) is 11.4. The molecule has 4 nitrogen and oxygen atoms in total. The molecule has 0 aliphatic rings. The van der Waals surface area contributed by atoms with Crippen LogP contribution in [0.15, 0.2) is 41.2 Å². The van der Waals surface area contributed by atoms with Gasteiger partial charge in [-0.25, -0.2) is 4.79 Å². The number of carboxylic acids is 1. The Morgan fingerprint density at radius 2 is 1.76 bits per heavy atom. The van der Waals surface area contributed by atoms with Gasteiger partial charge < -0.3 is 10.1 Å². The maximum Gasteiger partial charge on any atom is 0.352 e. The van der Waals surface area contributed by atoms with Gasteiger partial charge in [-0.2, -0.15) is 0 Å². The summed E-state index contributed by atoms with van der Waals surface area (Å²) in [4.78, 5) is 24.6. The Labute approximate surface area is 101 Å². The van der Waals surface area contributed by atoms with Crippen LogP contribution in [0.4, 0.5) is 0 Å². The van der Waals surface area contributed by atoms with Gasteiger partial charge >= 0.3 is 5.97 Å². The topological polar surface area (TPSA) is 70.2 Å². The summed E-state index contributed by atoms with van der Waals surface area (Å²) in [6, 6.07) is 9.57. The van der Waals surface area contributed by atoms with E-state index in [2.05, 4.69) is 4.98 Å². The maximum absolute atomic E-state index is 11.7. The second-order valence-corrected chi connectivity index (χ2v) is 3.86. The Hall–Kier alpha value is -2.07. The molecule has 86 valence electrons. The minimum Gasteiger partial charge on any atom is -0.477 e. The Balaban J connectivity index is 2.50. The van der Waals surface area contributed by atoms with Gasteiger partial charge in [0.1, 0.15) is 5.69 Å². The van der Waals surface area contributed by atoms with Gasteiger partial charge in [0.2, 0.25) is 0 Å². The van der Waals surface area contributed by atoms with Crippen molar-refractivity contribution in [3.8, 4) is 11.1 Å². The molecule has 0 atom stereocenters. The van der Waals surface area contributed by atoms with E-state index in [0.717, 1.165) is 0 Å². The monoisotopic (exact) mass is 249 g/mol. The SMILES string of the molecule is O=C(O)c1ccc(-c2ccc(Cl)cc2)c(=O)[nH]1. The number of rotatable bonds is 2. The van der Waals surface area contributed by atoms with Gasteiger partial charge in [0.25, 0.3) is 5.56 Å². The van der Waals surface area contributed by atoms with E-state index in [0.29, 0.717) is 16.1 Å². The Morgan fingerprint density at radius 3 is 2.29 bits per heavy atom. The summed E-state index contributed by atoms with van der Waals surface area (Å²) in [6.07, 6.45) is 0. The molecule has 0 fully saturated rings. The molecule has 0 aliphatic heterocycles. The third-order valence-electron chi connectivity index (χ3n) is 2.30. The largest absolute Gasteiger partial charge is 0.477 e. The van der Waals surface area contributed by atoms with Gasteiger partial charge in [0, 0.05) is 10.6 Å². The lowest BCUT2D eigenvalue weighted by atomic mass is 10.1. The molecule has 0 saturated carbocycles. The molecule has 2 N–H and O–H groups in total. The quantitative estimate of drug-likeness (QED) is 0.859. The molecule has 0 unspecified atom stereocenters. The Bertz CT molecular complexity index is 616. The fraction of sp³-hybridized carbons (Fsp3) is 0. The number of H-pyrrole nitrogens is 1. The van der Waals surface area contributed by atoms with E-state index in [4.69, 9.17) is 16.7 Å². The highest BCUT2D eigenvalue weighted by Gasteiger charge is 2.07. The minimum atomic E-state index is -1.16. The van der Waals surface area contributed by atoms with Gasteiger partial charge in [-0.15, -0.1) is 0 Å². The molecular formula is C12H8ClNO3. The third-order valence-corrected chi connectivity index (χ3v) is 2.55. The second kappa shape index (κ2) is 4.43. The molecule has 0 aliphatic carbocycles. The van der Waals surface area contributed by atoms with Crippen molar-refractivity contribution in [2.75, 3.05) is 0 Å². The van der Waals surface area contributed by atoms with Crippen LogP contribution in [0.2, 0.25) is 5.02 Å². The van der Waals surface area contributed by atoms with Crippen molar-refractivity contribution in [3.05, 3.63) is 57.5 Å². The van der Waals surface area contributed by atoms with E-state index in [9.17, 15) is 9.59 Å². The summed E-state index contributed by atoms with van der Waals surface area (Å²) in [7, 11) is 0. The van der Waals surface area contributed by atoms with Crippen LogP contribution >= 0.6 is 11.6 Å². The fourth-order valence-electron chi connectivity index (χ4n) is 1.46. The van der Waals surface area contributed by atoms with E-state index in [1.807, 2.05) is 0 Å². The van der Waals surface area contributed by atoms with Crippen molar-refractivity contribution in [1.29, 1.82) is 0 Å². The minimum absolute atomic E-state index is 0.132. The molecule has 0 spiro atoms. The number of hydrogen-bond donors (Lipinski definition) is 2. The van der Waals surface area contributed by atoms with Crippen LogP contribution in [-0.4, -0.2) is 16.1 Å². The van der Waals surface area contributed by atoms with Crippen LogP contribution in [0.25, 0.3) is 11.1 Å². The number of halogens is 1. The lowest BCUT2D eigenvalue weighted by Crippen LogP contribution is -2.14. The number of aromatic amines is 1. The van der Waals surface area contributed by atoms with E-state index < -0.39 is 11.5 Å². The maximum atomic E-state index is 11.7. The number of nitrogens with one attached hydrogen (secondary N) is 1. The van der Waals surface area contributed by atoms with Crippen LogP contribution in [0.5, 0.6) is 0 Å². The zero-order valence-corrected chi connectivity index (χ0v) is 9.36. The predicted molar refractivity (Wildman–Crippen MR) is 64.5 cm³/mol. The highest BCUT2D eigenvalue weighted by Crippen LogP contribution is 2.18. The molecule has 2 rings (SSSR count). The third kappa shape index (κ3) is 2.37. The summed E-state index contributed by atoms with van der Waals surface area (Å²) < 4.78 is 0. The summed E-state index contributed by atoms with van der Waals surface area (Å²) in [5, 5.41) is 9.30. The molecular weight excluding hydrogens is 242 g/mol. The molecule has 0 saturated heterocycles. The van der Waals surface area contributed by atoms with Crippen molar-refractivity contribution in [1.82, 2.24) is 4.98 Å². The fourth-order valence-corrected chi connectivity index (χ4v) is 1.58. The summed E-state index contributed by atoms with van der Waals surface area (Å²) in [5.41, 5.74) is 0.527. The number of carbonyl (C=O) groups is 1. The van der Waals surface area contributed by atoms with Crippen molar-refractivity contribution in [2.24, 2.45) is 0 Å². The number of benzene rings is 1. The van der Waals surface area contributed by atoms with Crippen LogP contribution < -0.4 is 5.56 Å². The first-order valence-corrected chi connectivity index (χ1v) is 5.18. The number of aromatic nitrogens is 1. The second-order valence-electron chi connectivity index (χ2n) is 3.43. The standard InChI is InChI=1S/C12H8ClNO3/c13-8-3-1-7(2-4-8)9-5-6-10(12(16)17)14-11(9)15/h1-6H,(H,14,15)(H,16,17). The lowest BCUT2D eigenvalue weighted by molar-refractivity contribution is 0.0690. The predicted octanol–water partition coefficient (Wildman–Crippen LogP) is 2.39. The molecule has 0 bridgehead atoms. The van der Waals surface area contributed by atoms with Gasteiger partial charge in [-0.3, -0.25) is 4.79 Å². The summed E-state index contributed by atoms with van der Waals surface area (Å²) >= 11 is 5.74. The van der Waals surface area contributed by atoms with Gasteiger partial charge in [-0.1, -0.05) is 23.7 Å². The lowest BCUT2D eigenvalue weighted by Gasteiger charge is -2.01. The molecule has 1 aromatic heterocycles. The average molecular weight is 250 g/mol. The summed E-state index contributed by atoms with van der Waals surface area (Å²) in [5.74, 6) is -1.16. The van der Waals surface area contributed by atoms with E-state index in [1.54, 1.807) is 24.3 Å². The van der Waals surface area contributed by atoms with Crippen molar-refractivity contribution < 1.29 is 9.90 Å². The number of hydrogen-bond acceptors (Lipinski definition) is 2. The number of pyridine rings is 1. The van der Waals surface area contributed by atoms with Crippen molar-refractivity contribution in [3.63, 3.8) is 0 Å². The Kier molecular flexibility index (Phi) is 2.97. The van der Waals surface area contributed by atoms with Crippen LogP contribution in [0.1, 0.15) is 10.5 Å². The van der Waals surface area contributed by atoms with Gasteiger partial charge in [-0.05, 0) is 29.8 Å². The molecule has 17 heavy (non-hydrogen) atoms. The average Bonchev–Trinajstić information content (AvgIpc) is 2.30. The molecule has 5 heteroatoms.